The van der Waals surface area contributed by atoms with E-state index < -0.39 is 40.6 Å². The van der Waals surface area contributed by atoms with E-state index in [4.69, 9.17) is 4.74 Å². The van der Waals surface area contributed by atoms with Crippen molar-refractivity contribution in [3.8, 4) is 5.75 Å². The van der Waals surface area contributed by atoms with Gasteiger partial charge in [0.1, 0.15) is 22.7 Å². The van der Waals surface area contributed by atoms with Crippen LogP contribution >= 0.6 is 0 Å². The van der Waals surface area contributed by atoms with E-state index in [9.17, 15) is 14.7 Å². The molecule has 5 nitrogen and oxygen atoms in total. The van der Waals surface area contributed by atoms with E-state index in [1.165, 1.54) is 12.1 Å². The Kier molecular flexibility index (Phi) is 6.20. The molecule has 0 aliphatic carbocycles. The predicted molar refractivity (Wildman–Crippen MR) is 100 cm³/mol. The van der Waals surface area contributed by atoms with Gasteiger partial charge in [0.15, 0.2) is 5.78 Å². The van der Waals surface area contributed by atoms with Crippen molar-refractivity contribution in [1.82, 2.24) is 5.32 Å². The molecular formula is C21H24FNO4. The third-order valence-corrected chi connectivity index (χ3v) is 3.89. The van der Waals surface area contributed by atoms with Crippen LogP contribution in [0.4, 0.5) is 9.18 Å². The van der Waals surface area contributed by atoms with Crippen LogP contribution in [0.3, 0.4) is 0 Å². The highest BCUT2D eigenvalue weighted by Gasteiger charge is 2.26. The SMILES string of the molecule is CC[C@@H](NC(=O)OC(C)(C)C)c1ccc(O)c(C(=O)c2ccccc2)c1F. The number of carbonyl (C=O) groups excluding carboxylic acids is 2. The van der Waals surface area contributed by atoms with Crippen molar-refractivity contribution in [2.24, 2.45) is 0 Å². The highest BCUT2D eigenvalue weighted by Crippen LogP contribution is 2.30. The highest BCUT2D eigenvalue weighted by molar-refractivity contribution is 6.11. The summed E-state index contributed by atoms with van der Waals surface area (Å²) in [5, 5.41) is 12.7. The maximum absolute atomic E-state index is 15.1. The lowest BCUT2D eigenvalue weighted by molar-refractivity contribution is 0.0501. The van der Waals surface area contributed by atoms with Gasteiger partial charge in [0.05, 0.1) is 6.04 Å². The van der Waals surface area contributed by atoms with E-state index in [-0.39, 0.29) is 11.1 Å². The van der Waals surface area contributed by atoms with Crippen molar-refractivity contribution in [3.05, 3.63) is 65.0 Å². The predicted octanol–water partition coefficient (Wildman–Crippen LogP) is 4.74. The Bertz CT molecular complexity index is 828. The Morgan fingerprint density at radius 3 is 2.33 bits per heavy atom. The number of aromatic hydroxyl groups is 1. The Labute approximate surface area is 158 Å². The molecule has 0 spiro atoms. The zero-order valence-electron chi connectivity index (χ0n) is 15.9. The average Bonchev–Trinajstić information content (AvgIpc) is 2.59. The molecule has 6 heteroatoms. The van der Waals surface area contributed by atoms with E-state index in [1.807, 2.05) is 0 Å². The van der Waals surface area contributed by atoms with Crippen LogP contribution in [0.1, 0.15) is 61.6 Å². The zero-order chi connectivity index (χ0) is 20.2. The lowest BCUT2D eigenvalue weighted by Crippen LogP contribution is -2.35. The van der Waals surface area contributed by atoms with Gasteiger partial charge in [-0.15, -0.1) is 0 Å². The van der Waals surface area contributed by atoms with Crippen LogP contribution < -0.4 is 5.32 Å². The normalized spacial score (nSPS) is 12.3. The van der Waals surface area contributed by atoms with Gasteiger partial charge in [-0.05, 0) is 33.3 Å². The van der Waals surface area contributed by atoms with E-state index in [0.29, 0.717) is 6.42 Å². The molecule has 2 rings (SSSR count). The first-order valence-corrected chi connectivity index (χ1v) is 8.74. The lowest BCUT2D eigenvalue weighted by atomic mass is 9.95. The first kappa shape index (κ1) is 20.4. The van der Waals surface area contributed by atoms with Gasteiger partial charge >= 0.3 is 6.09 Å². The van der Waals surface area contributed by atoms with Gasteiger partial charge in [0.2, 0.25) is 0 Å². The van der Waals surface area contributed by atoms with Crippen LogP contribution in [0.2, 0.25) is 0 Å². The minimum absolute atomic E-state index is 0.112. The molecule has 2 aromatic rings. The number of carbonyl (C=O) groups is 2. The number of halogens is 1. The highest BCUT2D eigenvalue weighted by atomic mass is 19.1. The van der Waals surface area contributed by atoms with Crippen LogP contribution in [0, 0.1) is 5.82 Å². The first-order valence-electron chi connectivity index (χ1n) is 8.74. The molecule has 1 atom stereocenters. The Balaban J connectivity index is 2.37. The van der Waals surface area contributed by atoms with Crippen LogP contribution in [0.5, 0.6) is 5.75 Å². The molecule has 0 aliphatic heterocycles. The molecular weight excluding hydrogens is 349 g/mol. The van der Waals surface area contributed by atoms with Crippen molar-refractivity contribution in [2.45, 2.75) is 45.8 Å². The Morgan fingerprint density at radius 1 is 1.15 bits per heavy atom. The van der Waals surface area contributed by atoms with Gasteiger partial charge in [-0.3, -0.25) is 4.79 Å². The van der Waals surface area contributed by atoms with Crippen LogP contribution in [-0.4, -0.2) is 22.6 Å². The summed E-state index contributed by atoms with van der Waals surface area (Å²) in [5.41, 5.74) is -0.731. The van der Waals surface area contributed by atoms with Gasteiger partial charge in [0.25, 0.3) is 0 Å². The van der Waals surface area contributed by atoms with Gasteiger partial charge in [-0.2, -0.15) is 0 Å². The molecule has 0 heterocycles. The van der Waals surface area contributed by atoms with Gasteiger partial charge < -0.3 is 15.2 Å². The molecule has 0 fully saturated rings. The quantitative estimate of drug-likeness (QED) is 0.743. The number of rotatable bonds is 5. The van der Waals surface area contributed by atoms with Crippen molar-refractivity contribution in [2.75, 3.05) is 0 Å². The van der Waals surface area contributed by atoms with Crippen LogP contribution in [0.25, 0.3) is 0 Å². The monoisotopic (exact) mass is 373 g/mol. The molecule has 1 amide bonds. The fourth-order valence-corrected chi connectivity index (χ4v) is 2.65. The molecule has 0 unspecified atom stereocenters. The molecule has 27 heavy (non-hydrogen) atoms. The summed E-state index contributed by atoms with van der Waals surface area (Å²) in [7, 11) is 0. The number of alkyl carbamates (subject to hydrolysis) is 1. The maximum atomic E-state index is 15.1. The number of phenols is 1. The molecule has 2 N–H and O–H groups in total. The van der Waals surface area contributed by atoms with Gasteiger partial charge in [-0.25, -0.2) is 9.18 Å². The second kappa shape index (κ2) is 8.20. The second-order valence-corrected chi connectivity index (χ2v) is 7.17. The standard InChI is InChI=1S/C21H24FNO4/c1-5-15(23-20(26)27-21(2,3)4)14-11-12-16(24)17(18(14)22)19(25)13-9-7-6-8-10-13/h6-12,15,24H,5H2,1-4H3,(H,23,26)/t15-/m1/s1. The lowest BCUT2D eigenvalue weighted by Gasteiger charge is -2.24. The molecule has 0 aliphatic rings. The molecule has 0 bridgehead atoms. The molecule has 144 valence electrons. The minimum atomic E-state index is -0.855. The smallest absolute Gasteiger partial charge is 0.408 e. The van der Waals surface area contributed by atoms with Crippen molar-refractivity contribution in [1.29, 1.82) is 0 Å². The number of amides is 1. The van der Waals surface area contributed by atoms with Crippen LogP contribution in [0.15, 0.2) is 42.5 Å². The number of nitrogens with one attached hydrogen (secondary N) is 1. The Morgan fingerprint density at radius 2 is 1.78 bits per heavy atom. The number of phenolic OH excluding ortho intramolecular Hbond substituents is 1. The van der Waals surface area contributed by atoms with E-state index in [2.05, 4.69) is 5.32 Å². The molecule has 0 saturated carbocycles. The summed E-state index contributed by atoms with van der Waals surface area (Å²) in [5.74, 6) is -1.93. The fourth-order valence-electron chi connectivity index (χ4n) is 2.65. The number of ketones is 1. The summed E-state index contributed by atoms with van der Waals surface area (Å²) >= 11 is 0. The number of hydrogen-bond donors (Lipinski definition) is 2. The maximum Gasteiger partial charge on any atom is 0.408 e. The first-order chi connectivity index (χ1) is 12.6. The summed E-state index contributed by atoms with van der Waals surface area (Å²) < 4.78 is 20.3. The van der Waals surface area contributed by atoms with Crippen molar-refractivity contribution < 1.29 is 23.8 Å². The van der Waals surface area contributed by atoms with Crippen LogP contribution in [-0.2, 0) is 4.74 Å². The largest absolute Gasteiger partial charge is 0.507 e. The Hall–Kier alpha value is -2.89. The zero-order valence-corrected chi connectivity index (χ0v) is 15.9. The second-order valence-electron chi connectivity index (χ2n) is 7.17. The van der Waals surface area contributed by atoms with Crippen molar-refractivity contribution >= 4 is 11.9 Å². The summed E-state index contributed by atoms with van der Waals surface area (Å²) in [6.07, 6.45) is -0.308. The fraction of sp³-hybridized carbons (Fsp3) is 0.333. The topological polar surface area (TPSA) is 75.6 Å². The van der Waals surface area contributed by atoms with Crippen molar-refractivity contribution in [3.63, 3.8) is 0 Å². The van der Waals surface area contributed by atoms with E-state index >= 15 is 4.39 Å². The molecule has 0 saturated heterocycles. The minimum Gasteiger partial charge on any atom is -0.507 e. The average molecular weight is 373 g/mol. The third kappa shape index (κ3) is 5.06. The number of hydrogen-bond acceptors (Lipinski definition) is 4. The molecule has 0 aromatic heterocycles. The van der Waals surface area contributed by atoms with Gasteiger partial charge in [-0.1, -0.05) is 43.3 Å². The van der Waals surface area contributed by atoms with E-state index in [0.717, 1.165) is 0 Å². The third-order valence-electron chi connectivity index (χ3n) is 3.89. The summed E-state index contributed by atoms with van der Waals surface area (Å²) in [4.78, 5) is 24.7. The molecule has 2 aromatic carbocycles. The van der Waals surface area contributed by atoms with E-state index in [1.54, 1.807) is 58.0 Å². The summed E-state index contributed by atoms with van der Waals surface area (Å²) in [6, 6.07) is 10.1. The molecule has 0 radical (unpaired) electrons. The van der Waals surface area contributed by atoms with Gasteiger partial charge in [0, 0.05) is 11.1 Å². The number of benzene rings is 2. The summed E-state index contributed by atoms with van der Waals surface area (Å²) in [6.45, 7) is 6.95. The number of ether oxygens (including phenoxy) is 1.